The molecule has 1 saturated carbocycles. The maximum Gasteiger partial charge on any atom is 0.387 e. The number of carbonyl (C=O) groups is 1. The van der Waals surface area contributed by atoms with E-state index in [2.05, 4.69) is 10.1 Å². The molecule has 0 unspecified atom stereocenters. The summed E-state index contributed by atoms with van der Waals surface area (Å²) in [6.45, 7) is -2.07. The second kappa shape index (κ2) is 6.80. The summed E-state index contributed by atoms with van der Waals surface area (Å²) in [5, 5.41) is 12.7. The molecule has 0 bridgehead atoms. The minimum atomic E-state index is -2.84. The zero-order valence-corrected chi connectivity index (χ0v) is 12.5. The molecule has 1 saturated heterocycles. The molecule has 126 valence electrons. The molecule has 3 rings (SSSR count). The van der Waals surface area contributed by atoms with Gasteiger partial charge in [0.2, 0.25) is 5.91 Å². The molecule has 1 aliphatic carbocycles. The third-order valence-electron chi connectivity index (χ3n) is 4.31. The number of nitrogens with one attached hydrogen (secondary N) is 1. The van der Waals surface area contributed by atoms with Crippen LogP contribution in [0.4, 0.5) is 8.78 Å². The summed E-state index contributed by atoms with van der Waals surface area (Å²) in [5.74, 6) is -0.0101. The Morgan fingerprint density at radius 3 is 2.74 bits per heavy atom. The summed E-state index contributed by atoms with van der Waals surface area (Å²) in [5.41, 5.74) is 0.930. The van der Waals surface area contributed by atoms with Gasteiger partial charge in [-0.1, -0.05) is 12.1 Å². The number of carbonyl (C=O) groups excluding carboxylic acids is 1. The highest BCUT2D eigenvalue weighted by Gasteiger charge is 2.44. The predicted octanol–water partition coefficient (Wildman–Crippen LogP) is 1.66. The van der Waals surface area contributed by atoms with Crippen molar-refractivity contribution in [3.05, 3.63) is 29.8 Å². The van der Waals surface area contributed by atoms with E-state index in [9.17, 15) is 18.7 Å². The number of ether oxygens (including phenoxy) is 2. The second-order valence-electron chi connectivity index (χ2n) is 5.94. The summed E-state index contributed by atoms with van der Waals surface area (Å²) < 4.78 is 33.7. The van der Waals surface area contributed by atoms with Crippen molar-refractivity contribution >= 4 is 5.91 Å². The number of aliphatic hydroxyl groups is 1. The predicted molar refractivity (Wildman–Crippen MR) is 77.3 cm³/mol. The van der Waals surface area contributed by atoms with Crippen molar-refractivity contribution in [1.82, 2.24) is 5.32 Å². The van der Waals surface area contributed by atoms with Gasteiger partial charge in [0.05, 0.1) is 18.8 Å². The van der Waals surface area contributed by atoms with E-state index in [0.717, 1.165) is 12.0 Å². The van der Waals surface area contributed by atoms with Crippen LogP contribution in [0.3, 0.4) is 0 Å². The van der Waals surface area contributed by atoms with Crippen molar-refractivity contribution in [2.24, 2.45) is 5.92 Å². The van der Waals surface area contributed by atoms with Gasteiger partial charge in [-0.15, -0.1) is 0 Å². The second-order valence-corrected chi connectivity index (χ2v) is 5.94. The van der Waals surface area contributed by atoms with E-state index in [-0.39, 0.29) is 36.1 Å². The summed E-state index contributed by atoms with van der Waals surface area (Å²) in [6, 6.07) is 6.12. The molecule has 7 heteroatoms. The van der Waals surface area contributed by atoms with E-state index in [1.807, 2.05) is 0 Å². The highest BCUT2D eigenvalue weighted by atomic mass is 19.3. The summed E-state index contributed by atoms with van der Waals surface area (Å²) in [6.07, 6.45) is 0.653. The molecule has 1 heterocycles. The Morgan fingerprint density at radius 2 is 2.09 bits per heavy atom. The minimum absolute atomic E-state index is 0.0751. The molecule has 2 fully saturated rings. The number of amides is 1. The first-order valence-corrected chi connectivity index (χ1v) is 7.65. The topological polar surface area (TPSA) is 67.8 Å². The first kappa shape index (κ1) is 16.1. The number of hydrogen-bond acceptors (Lipinski definition) is 4. The van der Waals surface area contributed by atoms with E-state index in [4.69, 9.17) is 4.74 Å². The maximum atomic E-state index is 12.2. The van der Waals surface area contributed by atoms with Crippen LogP contribution in [0.25, 0.3) is 0 Å². The fourth-order valence-electron chi connectivity index (χ4n) is 2.93. The van der Waals surface area contributed by atoms with Crippen molar-refractivity contribution in [2.45, 2.75) is 37.5 Å². The molecule has 4 atom stereocenters. The van der Waals surface area contributed by atoms with Gasteiger partial charge in [0.25, 0.3) is 0 Å². The van der Waals surface area contributed by atoms with Gasteiger partial charge >= 0.3 is 6.61 Å². The third-order valence-corrected chi connectivity index (χ3v) is 4.31. The van der Waals surface area contributed by atoms with E-state index in [1.54, 1.807) is 12.1 Å². The van der Waals surface area contributed by atoms with E-state index in [1.165, 1.54) is 12.1 Å². The number of rotatable bonds is 5. The van der Waals surface area contributed by atoms with Gasteiger partial charge in [0.1, 0.15) is 5.75 Å². The van der Waals surface area contributed by atoms with E-state index in [0.29, 0.717) is 13.0 Å². The molecule has 0 aromatic heterocycles. The number of halogens is 2. The van der Waals surface area contributed by atoms with Crippen LogP contribution in [-0.2, 0) is 9.53 Å². The highest BCUT2D eigenvalue weighted by Crippen LogP contribution is 2.47. The average Bonchev–Trinajstić information content (AvgIpc) is 3.30. The van der Waals surface area contributed by atoms with Crippen LogP contribution in [0.2, 0.25) is 0 Å². The van der Waals surface area contributed by atoms with Gasteiger partial charge in [-0.2, -0.15) is 8.78 Å². The number of alkyl halides is 2. The Balaban J connectivity index is 1.53. The molecular weight excluding hydrogens is 308 g/mol. The van der Waals surface area contributed by atoms with Gasteiger partial charge in [0, 0.05) is 12.5 Å². The van der Waals surface area contributed by atoms with Gasteiger partial charge in [-0.05, 0) is 36.5 Å². The van der Waals surface area contributed by atoms with Crippen LogP contribution < -0.4 is 10.1 Å². The molecule has 0 spiro atoms. The van der Waals surface area contributed by atoms with Gasteiger partial charge in [0.15, 0.2) is 0 Å². The Morgan fingerprint density at radius 1 is 1.35 bits per heavy atom. The van der Waals surface area contributed by atoms with Crippen LogP contribution in [0, 0.1) is 5.92 Å². The zero-order valence-electron chi connectivity index (χ0n) is 12.5. The number of aliphatic hydroxyl groups excluding tert-OH is 1. The molecule has 1 amide bonds. The van der Waals surface area contributed by atoms with Crippen LogP contribution >= 0.6 is 0 Å². The van der Waals surface area contributed by atoms with Crippen molar-refractivity contribution in [1.29, 1.82) is 0 Å². The van der Waals surface area contributed by atoms with Crippen molar-refractivity contribution in [2.75, 3.05) is 13.2 Å². The molecule has 2 aliphatic rings. The summed E-state index contributed by atoms with van der Waals surface area (Å²) in [4.78, 5) is 12.2. The number of hydrogen-bond donors (Lipinski definition) is 2. The standard InChI is InChI=1S/C16H19F2NO4/c17-16(18)23-10-3-1-9(2-4-10)11-7-12(11)15(21)19-13-5-6-22-8-14(13)20/h1-4,11-14,16,20H,5-8H2,(H,19,21)/t11-,12+,13+,14+/m0/s1. The number of benzene rings is 1. The molecule has 1 aromatic carbocycles. The average molecular weight is 327 g/mol. The summed E-state index contributed by atoms with van der Waals surface area (Å²) in [7, 11) is 0. The Labute approximate surface area is 132 Å². The molecule has 0 radical (unpaired) electrons. The fraction of sp³-hybridized carbons (Fsp3) is 0.562. The van der Waals surface area contributed by atoms with E-state index >= 15 is 0 Å². The quantitative estimate of drug-likeness (QED) is 0.863. The Bertz CT molecular complexity index is 552. The lowest BCUT2D eigenvalue weighted by Crippen LogP contribution is -2.49. The molecule has 1 aromatic rings. The SMILES string of the molecule is O=C(N[C@@H]1CCOC[C@H]1O)[C@@H]1C[C@H]1c1ccc(OC(F)F)cc1. The maximum absolute atomic E-state index is 12.2. The Kier molecular flexibility index (Phi) is 4.77. The molecule has 1 aliphatic heterocycles. The Hall–Kier alpha value is -1.73. The van der Waals surface area contributed by atoms with Crippen LogP contribution in [-0.4, -0.2) is 43.0 Å². The van der Waals surface area contributed by atoms with Crippen LogP contribution in [0.1, 0.15) is 24.3 Å². The minimum Gasteiger partial charge on any atom is -0.435 e. The largest absolute Gasteiger partial charge is 0.435 e. The van der Waals surface area contributed by atoms with Gasteiger partial charge in [-0.3, -0.25) is 4.79 Å². The van der Waals surface area contributed by atoms with Crippen molar-refractivity contribution < 1.29 is 28.2 Å². The zero-order chi connectivity index (χ0) is 16.4. The van der Waals surface area contributed by atoms with Crippen molar-refractivity contribution in [3.8, 4) is 5.75 Å². The lowest BCUT2D eigenvalue weighted by Gasteiger charge is -2.28. The molecular formula is C16H19F2NO4. The van der Waals surface area contributed by atoms with Gasteiger partial charge < -0.3 is 19.9 Å². The monoisotopic (exact) mass is 327 g/mol. The lowest BCUT2D eigenvalue weighted by atomic mass is 10.1. The van der Waals surface area contributed by atoms with E-state index < -0.39 is 12.7 Å². The van der Waals surface area contributed by atoms with Crippen LogP contribution in [0.5, 0.6) is 5.75 Å². The van der Waals surface area contributed by atoms with Crippen molar-refractivity contribution in [3.63, 3.8) is 0 Å². The highest BCUT2D eigenvalue weighted by molar-refractivity contribution is 5.83. The molecule has 5 nitrogen and oxygen atoms in total. The summed E-state index contributed by atoms with van der Waals surface area (Å²) >= 11 is 0. The third kappa shape index (κ3) is 3.97. The molecule has 2 N–H and O–H groups in total. The first-order chi connectivity index (χ1) is 11.0. The first-order valence-electron chi connectivity index (χ1n) is 7.65. The van der Waals surface area contributed by atoms with Crippen LogP contribution in [0.15, 0.2) is 24.3 Å². The van der Waals surface area contributed by atoms with Gasteiger partial charge in [-0.25, -0.2) is 0 Å². The smallest absolute Gasteiger partial charge is 0.387 e. The molecule has 23 heavy (non-hydrogen) atoms. The normalized spacial score (nSPS) is 30.1. The lowest BCUT2D eigenvalue weighted by molar-refractivity contribution is -0.125. The fourth-order valence-corrected chi connectivity index (χ4v) is 2.93.